The van der Waals surface area contributed by atoms with Gasteiger partial charge in [0.2, 0.25) is 0 Å². The molecular weight excluding hydrogens is 379 g/mol. The number of phosphoric ester groups is 1. The number of phosphoric acid groups is 1. The van der Waals surface area contributed by atoms with Crippen molar-refractivity contribution in [1.82, 2.24) is 0 Å². The van der Waals surface area contributed by atoms with Crippen LogP contribution in [0.3, 0.4) is 0 Å². The van der Waals surface area contributed by atoms with Crippen LogP contribution in [0.25, 0.3) is 0 Å². The first kappa shape index (κ1) is 26.9. The van der Waals surface area contributed by atoms with E-state index in [2.05, 4.69) is 22.9 Å². The summed E-state index contributed by atoms with van der Waals surface area (Å²) < 4.78 is 47.2. The highest BCUT2D eigenvalue weighted by Gasteiger charge is 2.18. The molecule has 0 aliphatic rings. The number of ether oxygens (including phenoxy) is 5. The van der Waals surface area contributed by atoms with E-state index >= 15 is 0 Å². The molecule has 0 aromatic heterocycles. The minimum atomic E-state index is -3.93. The molecule has 0 aliphatic carbocycles. The Labute approximate surface area is 163 Å². The molecule has 0 fully saturated rings. The largest absolute Gasteiger partial charge is 0.472 e. The van der Waals surface area contributed by atoms with Gasteiger partial charge in [0.1, 0.15) is 0 Å². The molecule has 0 aromatic carbocycles. The lowest BCUT2D eigenvalue weighted by atomic mass is 10.1. The number of hydrogen-bond acceptors (Lipinski definition) is 8. The fourth-order valence-electron chi connectivity index (χ4n) is 1.71. The topological polar surface area (TPSA) is 102 Å². The van der Waals surface area contributed by atoms with Crippen LogP contribution in [0.15, 0.2) is 0 Å². The van der Waals surface area contributed by atoms with Crippen LogP contribution in [-0.2, 0) is 37.3 Å². The maximum Gasteiger partial charge on any atom is 0.472 e. The Morgan fingerprint density at radius 3 is 1.41 bits per heavy atom. The Bertz CT molecular complexity index is 355. The zero-order chi connectivity index (χ0) is 20.2. The predicted molar refractivity (Wildman–Crippen MR) is 101 cm³/mol. The highest BCUT2D eigenvalue weighted by atomic mass is 31.2. The highest BCUT2D eigenvalue weighted by molar-refractivity contribution is 7.47. The normalized spacial score (nSPS) is 14.0. The Morgan fingerprint density at radius 1 is 0.667 bits per heavy atom. The highest BCUT2D eigenvalue weighted by Crippen LogP contribution is 2.42. The quantitative estimate of drug-likeness (QED) is 0.223. The molecule has 0 bridgehead atoms. The zero-order valence-corrected chi connectivity index (χ0v) is 17.8. The summed E-state index contributed by atoms with van der Waals surface area (Å²) in [5.41, 5.74) is 0. The summed E-state index contributed by atoms with van der Waals surface area (Å²) in [6, 6.07) is 0. The van der Waals surface area contributed by atoms with Gasteiger partial charge in [-0.05, 0) is 19.3 Å². The van der Waals surface area contributed by atoms with Gasteiger partial charge in [0.15, 0.2) is 0 Å². The van der Waals surface area contributed by atoms with Gasteiger partial charge in [0.25, 0.3) is 0 Å². The van der Waals surface area contributed by atoms with Gasteiger partial charge >= 0.3 is 7.82 Å². The van der Waals surface area contributed by atoms with E-state index in [1.807, 2.05) is 0 Å². The molecule has 1 atom stereocenters. The van der Waals surface area contributed by atoms with Gasteiger partial charge in [-0.3, -0.25) is 9.05 Å². The molecule has 0 heterocycles. The molecule has 0 aromatic rings. The number of hydrogen-bond donors (Lipinski definition) is 1. The average Bonchev–Trinajstić information content (AvgIpc) is 2.60. The van der Waals surface area contributed by atoms with Crippen molar-refractivity contribution in [2.24, 2.45) is 5.92 Å². The summed E-state index contributed by atoms with van der Waals surface area (Å²) in [7, 11) is -3.93. The maximum atomic E-state index is 11.2. The van der Waals surface area contributed by atoms with Crippen molar-refractivity contribution in [3.63, 3.8) is 0 Å². The SMILES string of the molecule is CCOP(=O)(O)OCCOCCOCCOCCOCCOCCC(C)C. The summed E-state index contributed by atoms with van der Waals surface area (Å²) in [6.07, 6.45) is 1.07. The van der Waals surface area contributed by atoms with Crippen molar-refractivity contribution in [3.8, 4) is 0 Å². The van der Waals surface area contributed by atoms with Crippen LogP contribution >= 0.6 is 7.82 Å². The monoisotopic (exact) mass is 416 g/mol. The van der Waals surface area contributed by atoms with Crippen LogP contribution in [0, 0.1) is 5.92 Å². The zero-order valence-electron chi connectivity index (χ0n) is 16.9. The fraction of sp³-hybridized carbons (Fsp3) is 1.00. The summed E-state index contributed by atoms with van der Waals surface area (Å²) in [4.78, 5) is 9.16. The Balaban J connectivity index is 3.12. The van der Waals surface area contributed by atoms with Crippen molar-refractivity contribution in [3.05, 3.63) is 0 Å². The molecular formula is C17H37O9P. The van der Waals surface area contributed by atoms with Gasteiger partial charge in [0.05, 0.1) is 72.7 Å². The van der Waals surface area contributed by atoms with E-state index < -0.39 is 7.82 Å². The Morgan fingerprint density at radius 2 is 1.04 bits per heavy atom. The first-order valence-corrected chi connectivity index (χ1v) is 11.0. The summed E-state index contributed by atoms with van der Waals surface area (Å²) in [6.45, 7) is 11.0. The predicted octanol–water partition coefficient (Wildman–Crippen LogP) is 2.27. The van der Waals surface area contributed by atoms with Crippen molar-refractivity contribution in [2.75, 3.05) is 79.3 Å². The van der Waals surface area contributed by atoms with Crippen LogP contribution in [-0.4, -0.2) is 84.2 Å². The van der Waals surface area contributed by atoms with Gasteiger partial charge in [-0.1, -0.05) is 13.8 Å². The smallest absolute Gasteiger partial charge is 0.379 e. The molecule has 10 heteroatoms. The van der Waals surface area contributed by atoms with E-state index in [1.165, 1.54) is 0 Å². The van der Waals surface area contributed by atoms with E-state index in [1.54, 1.807) is 6.92 Å². The van der Waals surface area contributed by atoms with Crippen LogP contribution < -0.4 is 0 Å². The summed E-state index contributed by atoms with van der Waals surface area (Å²) >= 11 is 0. The molecule has 0 amide bonds. The first-order valence-electron chi connectivity index (χ1n) is 9.48. The maximum absolute atomic E-state index is 11.2. The molecule has 9 nitrogen and oxygen atoms in total. The number of rotatable bonds is 21. The Kier molecular flexibility index (Phi) is 19.2. The molecule has 0 radical (unpaired) electrons. The average molecular weight is 416 g/mol. The van der Waals surface area contributed by atoms with Crippen molar-refractivity contribution in [2.45, 2.75) is 27.2 Å². The molecule has 0 saturated heterocycles. The third-order valence-electron chi connectivity index (χ3n) is 3.10. The lowest BCUT2D eigenvalue weighted by Gasteiger charge is -2.11. The Hall–Kier alpha value is -0.0900. The van der Waals surface area contributed by atoms with Crippen LogP contribution in [0.5, 0.6) is 0 Å². The molecule has 0 saturated carbocycles. The molecule has 164 valence electrons. The molecule has 27 heavy (non-hydrogen) atoms. The second-order valence-corrected chi connectivity index (χ2v) is 7.42. The second kappa shape index (κ2) is 19.2. The van der Waals surface area contributed by atoms with Crippen LogP contribution in [0.2, 0.25) is 0 Å². The molecule has 0 rings (SSSR count). The third-order valence-corrected chi connectivity index (χ3v) is 4.20. The minimum Gasteiger partial charge on any atom is -0.379 e. The van der Waals surface area contributed by atoms with Gasteiger partial charge in [-0.2, -0.15) is 0 Å². The van der Waals surface area contributed by atoms with Crippen molar-refractivity contribution >= 4 is 7.82 Å². The molecule has 1 N–H and O–H groups in total. The van der Waals surface area contributed by atoms with Gasteiger partial charge < -0.3 is 28.6 Å². The minimum absolute atomic E-state index is 0.0142. The van der Waals surface area contributed by atoms with E-state index in [9.17, 15) is 4.57 Å². The van der Waals surface area contributed by atoms with E-state index in [4.69, 9.17) is 28.6 Å². The molecule has 1 unspecified atom stereocenters. The summed E-state index contributed by atoms with van der Waals surface area (Å²) in [5.74, 6) is 0.661. The van der Waals surface area contributed by atoms with Crippen molar-refractivity contribution < 1.29 is 42.2 Å². The molecule has 0 aliphatic heterocycles. The lowest BCUT2D eigenvalue weighted by Crippen LogP contribution is -2.14. The second-order valence-electron chi connectivity index (χ2n) is 5.96. The van der Waals surface area contributed by atoms with E-state index in [0.717, 1.165) is 13.0 Å². The van der Waals surface area contributed by atoms with Crippen LogP contribution in [0.1, 0.15) is 27.2 Å². The third kappa shape index (κ3) is 22.1. The van der Waals surface area contributed by atoms with Gasteiger partial charge in [0, 0.05) is 6.61 Å². The first-order chi connectivity index (χ1) is 13.0. The van der Waals surface area contributed by atoms with Gasteiger partial charge in [-0.25, -0.2) is 4.57 Å². The van der Waals surface area contributed by atoms with Gasteiger partial charge in [-0.15, -0.1) is 0 Å². The summed E-state index contributed by atoms with van der Waals surface area (Å²) in [5, 5.41) is 0. The van der Waals surface area contributed by atoms with E-state index in [-0.39, 0.29) is 19.8 Å². The molecule has 0 spiro atoms. The van der Waals surface area contributed by atoms with Crippen molar-refractivity contribution in [1.29, 1.82) is 0 Å². The fourth-order valence-corrected chi connectivity index (χ4v) is 2.42. The lowest BCUT2D eigenvalue weighted by molar-refractivity contribution is -0.0139. The van der Waals surface area contributed by atoms with Crippen LogP contribution in [0.4, 0.5) is 0 Å². The van der Waals surface area contributed by atoms with E-state index in [0.29, 0.717) is 58.8 Å². The standard InChI is InChI=1S/C17H37O9P/c1-4-25-27(18,19)26-16-15-24-14-13-23-12-11-22-10-9-21-8-7-20-6-5-17(2)3/h17H,4-16H2,1-3H3,(H,18,19).